The molecule has 3 nitrogen and oxygen atoms in total. The fraction of sp³-hybridized carbons (Fsp3) is 0.750. The summed E-state index contributed by atoms with van der Waals surface area (Å²) in [6, 6.07) is 0. The summed E-state index contributed by atoms with van der Waals surface area (Å²) in [6.07, 6.45) is 4.94. The molecule has 0 aliphatic heterocycles. The molecule has 0 radical (unpaired) electrons. The predicted molar refractivity (Wildman–Crippen MR) is 75.9 cm³/mol. The van der Waals surface area contributed by atoms with Gasteiger partial charge in [-0.3, -0.25) is 0 Å². The average Bonchev–Trinajstić information content (AvgIpc) is 2.86. The SMILES string of the molecule is CCNC(CC)(CO)CCCSc1nccs1. The Bertz CT molecular complexity index is 287. The monoisotopic (exact) mass is 274 g/mol. The zero-order chi connectivity index (χ0) is 12.6. The van der Waals surface area contributed by atoms with E-state index in [0.717, 1.165) is 35.9 Å². The number of aliphatic hydroxyl groups excluding tert-OH is 1. The third kappa shape index (κ3) is 4.95. The van der Waals surface area contributed by atoms with E-state index in [1.165, 1.54) is 0 Å². The maximum Gasteiger partial charge on any atom is 0.149 e. The molecule has 0 aliphatic carbocycles. The molecule has 98 valence electrons. The second-order valence-electron chi connectivity index (χ2n) is 4.07. The molecule has 0 spiro atoms. The summed E-state index contributed by atoms with van der Waals surface area (Å²) in [5.74, 6) is 1.07. The normalized spacial score (nSPS) is 14.8. The number of hydrogen-bond acceptors (Lipinski definition) is 5. The van der Waals surface area contributed by atoms with Crippen LogP contribution in [-0.2, 0) is 0 Å². The molecule has 0 saturated carbocycles. The van der Waals surface area contributed by atoms with E-state index < -0.39 is 0 Å². The largest absolute Gasteiger partial charge is 0.394 e. The van der Waals surface area contributed by atoms with E-state index >= 15 is 0 Å². The Balaban J connectivity index is 2.27. The van der Waals surface area contributed by atoms with Crippen LogP contribution < -0.4 is 5.32 Å². The molecule has 0 aliphatic rings. The van der Waals surface area contributed by atoms with E-state index in [1.54, 1.807) is 23.1 Å². The molecule has 0 bridgehead atoms. The predicted octanol–water partition coefficient (Wildman–Crippen LogP) is 2.77. The van der Waals surface area contributed by atoms with Gasteiger partial charge in [-0.2, -0.15) is 0 Å². The minimum atomic E-state index is -0.0851. The topological polar surface area (TPSA) is 45.1 Å². The average molecular weight is 274 g/mol. The third-order valence-corrected chi connectivity index (χ3v) is 5.02. The molecule has 1 heterocycles. The van der Waals surface area contributed by atoms with Crippen molar-refractivity contribution in [2.75, 3.05) is 18.9 Å². The van der Waals surface area contributed by atoms with E-state index in [1.807, 2.05) is 11.6 Å². The Hall–Kier alpha value is -0.100. The molecule has 17 heavy (non-hydrogen) atoms. The lowest BCUT2D eigenvalue weighted by molar-refractivity contribution is 0.148. The summed E-state index contributed by atoms with van der Waals surface area (Å²) < 4.78 is 1.14. The van der Waals surface area contributed by atoms with E-state index in [-0.39, 0.29) is 12.1 Å². The summed E-state index contributed by atoms with van der Waals surface area (Å²) in [6.45, 7) is 5.35. The highest BCUT2D eigenvalue weighted by Gasteiger charge is 2.25. The van der Waals surface area contributed by atoms with Crippen LogP contribution >= 0.6 is 23.1 Å². The lowest BCUT2D eigenvalue weighted by atomic mass is 9.91. The van der Waals surface area contributed by atoms with Crippen molar-refractivity contribution in [3.05, 3.63) is 11.6 Å². The van der Waals surface area contributed by atoms with Crippen LogP contribution in [0.4, 0.5) is 0 Å². The summed E-state index contributed by atoms with van der Waals surface area (Å²) in [5, 5.41) is 14.9. The number of nitrogens with one attached hydrogen (secondary N) is 1. The minimum Gasteiger partial charge on any atom is -0.394 e. The van der Waals surface area contributed by atoms with Crippen LogP contribution in [0.15, 0.2) is 15.9 Å². The Labute approximate surface area is 112 Å². The minimum absolute atomic E-state index is 0.0851. The third-order valence-electron chi connectivity index (χ3n) is 2.97. The van der Waals surface area contributed by atoms with Gasteiger partial charge in [0.15, 0.2) is 0 Å². The van der Waals surface area contributed by atoms with Gasteiger partial charge in [-0.1, -0.05) is 25.6 Å². The van der Waals surface area contributed by atoms with Crippen molar-refractivity contribution >= 4 is 23.1 Å². The molecular formula is C12H22N2OS2. The molecule has 1 unspecified atom stereocenters. The molecule has 1 aromatic heterocycles. The highest BCUT2D eigenvalue weighted by molar-refractivity contribution is 8.00. The zero-order valence-corrected chi connectivity index (χ0v) is 12.2. The molecular weight excluding hydrogens is 252 g/mol. The maximum atomic E-state index is 9.51. The van der Waals surface area contributed by atoms with Crippen LogP contribution in [0.5, 0.6) is 0 Å². The number of aliphatic hydroxyl groups is 1. The van der Waals surface area contributed by atoms with Gasteiger partial charge < -0.3 is 10.4 Å². The first-order chi connectivity index (χ1) is 8.26. The van der Waals surface area contributed by atoms with Crippen LogP contribution in [0.2, 0.25) is 0 Å². The van der Waals surface area contributed by atoms with Gasteiger partial charge in [0.2, 0.25) is 0 Å². The molecule has 2 N–H and O–H groups in total. The van der Waals surface area contributed by atoms with Gasteiger partial charge in [0.25, 0.3) is 0 Å². The van der Waals surface area contributed by atoms with E-state index in [4.69, 9.17) is 0 Å². The highest BCUT2D eigenvalue weighted by atomic mass is 32.2. The van der Waals surface area contributed by atoms with Crippen LogP contribution in [0, 0.1) is 0 Å². The summed E-state index contributed by atoms with van der Waals surface area (Å²) in [5.41, 5.74) is -0.0851. The Morgan fingerprint density at radius 1 is 1.53 bits per heavy atom. The first-order valence-electron chi connectivity index (χ1n) is 6.14. The zero-order valence-electron chi connectivity index (χ0n) is 10.6. The van der Waals surface area contributed by atoms with Crippen molar-refractivity contribution in [2.45, 2.75) is 43.0 Å². The van der Waals surface area contributed by atoms with Crippen molar-refractivity contribution in [3.63, 3.8) is 0 Å². The van der Waals surface area contributed by atoms with Crippen LogP contribution in [0.3, 0.4) is 0 Å². The lowest BCUT2D eigenvalue weighted by Crippen LogP contribution is -2.48. The Morgan fingerprint density at radius 2 is 2.35 bits per heavy atom. The van der Waals surface area contributed by atoms with Crippen molar-refractivity contribution in [1.29, 1.82) is 0 Å². The van der Waals surface area contributed by atoms with Gasteiger partial charge in [-0.05, 0) is 25.8 Å². The Morgan fingerprint density at radius 3 is 2.88 bits per heavy atom. The number of likely N-dealkylation sites (N-methyl/N-ethyl adjacent to an activating group) is 1. The molecule has 0 fully saturated rings. The number of nitrogens with zero attached hydrogens (tertiary/aromatic N) is 1. The molecule has 0 amide bonds. The number of hydrogen-bond donors (Lipinski definition) is 2. The van der Waals surface area contributed by atoms with Gasteiger partial charge in [-0.15, -0.1) is 11.3 Å². The Kier molecular flexibility index (Phi) is 7.11. The second kappa shape index (κ2) is 8.08. The molecule has 1 rings (SSSR count). The van der Waals surface area contributed by atoms with E-state index in [9.17, 15) is 5.11 Å². The smallest absolute Gasteiger partial charge is 0.149 e. The fourth-order valence-electron chi connectivity index (χ4n) is 1.86. The van der Waals surface area contributed by atoms with E-state index in [2.05, 4.69) is 24.1 Å². The summed E-state index contributed by atoms with van der Waals surface area (Å²) in [7, 11) is 0. The molecule has 1 atom stereocenters. The van der Waals surface area contributed by atoms with Gasteiger partial charge in [0, 0.05) is 22.9 Å². The highest BCUT2D eigenvalue weighted by Crippen LogP contribution is 2.24. The van der Waals surface area contributed by atoms with Crippen molar-refractivity contribution in [1.82, 2.24) is 10.3 Å². The standard InChI is InChI=1S/C12H22N2OS2/c1-3-12(10-15,14-4-2)6-5-8-16-11-13-7-9-17-11/h7,9,14-15H,3-6,8,10H2,1-2H3. The fourth-order valence-corrected chi connectivity index (χ4v) is 3.51. The van der Waals surface area contributed by atoms with Crippen molar-refractivity contribution in [3.8, 4) is 0 Å². The summed E-state index contributed by atoms with van der Waals surface area (Å²) in [4.78, 5) is 4.24. The van der Waals surface area contributed by atoms with Gasteiger partial charge >= 0.3 is 0 Å². The molecule has 0 aromatic carbocycles. The van der Waals surface area contributed by atoms with Crippen LogP contribution in [0.25, 0.3) is 0 Å². The lowest BCUT2D eigenvalue weighted by Gasteiger charge is -2.31. The maximum absolute atomic E-state index is 9.51. The first kappa shape index (κ1) is 15.0. The van der Waals surface area contributed by atoms with Crippen molar-refractivity contribution in [2.24, 2.45) is 0 Å². The van der Waals surface area contributed by atoms with Gasteiger partial charge in [0.1, 0.15) is 4.34 Å². The first-order valence-corrected chi connectivity index (χ1v) is 8.01. The van der Waals surface area contributed by atoms with Crippen molar-refractivity contribution < 1.29 is 5.11 Å². The second-order valence-corrected chi connectivity index (χ2v) is 6.31. The quantitative estimate of drug-likeness (QED) is 0.537. The van der Waals surface area contributed by atoms with Crippen LogP contribution in [0.1, 0.15) is 33.1 Å². The molecule has 5 heteroatoms. The number of thioether (sulfide) groups is 1. The van der Waals surface area contributed by atoms with Gasteiger partial charge in [-0.25, -0.2) is 4.98 Å². The number of aromatic nitrogens is 1. The van der Waals surface area contributed by atoms with Crippen LogP contribution in [-0.4, -0.2) is 34.5 Å². The number of rotatable bonds is 9. The molecule has 0 saturated heterocycles. The molecule has 1 aromatic rings. The van der Waals surface area contributed by atoms with E-state index in [0.29, 0.717) is 0 Å². The number of thiazole rings is 1. The van der Waals surface area contributed by atoms with Gasteiger partial charge in [0.05, 0.1) is 6.61 Å². The summed E-state index contributed by atoms with van der Waals surface area (Å²) >= 11 is 3.49.